The summed E-state index contributed by atoms with van der Waals surface area (Å²) in [7, 11) is 0. The number of carbonyl (C=O) groups is 3. The average molecular weight is 373 g/mol. The van der Waals surface area contributed by atoms with E-state index >= 15 is 0 Å². The van der Waals surface area contributed by atoms with Gasteiger partial charge in [0.15, 0.2) is 0 Å². The van der Waals surface area contributed by atoms with Crippen molar-refractivity contribution in [3.05, 3.63) is 29.8 Å². The molecule has 0 bridgehead atoms. The predicted octanol–water partition coefficient (Wildman–Crippen LogP) is 3.48. The molecule has 0 radical (unpaired) electrons. The normalized spacial score (nSPS) is 18.4. The van der Waals surface area contributed by atoms with E-state index in [0.717, 1.165) is 29.7 Å². The van der Waals surface area contributed by atoms with Crippen LogP contribution >= 0.6 is 0 Å². The van der Waals surface area contributed by atoms with Gasteiger partial charge in [0.2, 0.25) is 5.91 Å². The van der Waals surface area contributed by atoms with Crippen LogP contribution < -0.4 is 10.2 Å². The Kier molecular flexibility index (Phi) is 6.99. The van der Waals surface area contributed by atoms with Crippen molar-refractivity contribution in [1.82, 2.24) is 10.2 Å². The predicted molar refractivity (Wildman–Crippen MR) is 107 cm³/mol. The Morgan fingerprint density at radius 2 is 1.74 bits per heavy atom. The lowest BCUT2D eigenvalue weighted by atomic mass is 10.0. The van der Waals surface area contributed by atoms with Crippen molar-refractivity contribution in [3.63, 3.8) is 0 Å². The van der Waals surface area contributed by atoms with Crippen LogP contribution in [0, 0.1) is 12.8 Å². The Morgan fingerprint density at radius 3 is 2.33 bits per heavy atom. The monoisotopic (exact) mass is 373 g/mol. The summed E-state index contributed by atoms with van der Waals surface area (Å²) in [5.41, 5.74) is 1.74. The second kappa shape index (κ2) is 9.02. The van der Waals surface area contributed by atoms with Gasteiger partial charge in [-0.05, 0) is 45.2 Å². The minimum atomic E-state index is -0.614. The molecule has 1 heterocycles. The van der Waals surface area contributed by atoms with Gasteiger partial charge in [-0.25, -0.2) is 4.79 Å². The van der Waals surface area contributed by atoms with Gasteiger partial charge in [0, 0.05) is 11.7 Å². The Balaban J connectivity index is 1.96. The van der Waals surface area contributed by atoms with Gasteiger partial charge in [-0.1, -0.05) is 44.4 Å². The molecule has 6 heteroatoms. The van der Waals surface area contributed by atoms with Crippen molar-refractivity contribution in [2.75, 3.05) is 11.4 Å². The van der Waals surface area contributed by atoms with E-state index in [0.29, 0.717) is 11.6 Å². The van der Waals surface area contributed by atoms with Gasteiger partial charge in [0.1, 0.15) is 12.6 Å². The molecule has 1 aliphatic heterocycles. The van der Waals surface area contributed by atoms with Crippen LogP contribution in [-0.4, -0.2) is 41.4 Å². The van der Waals surface area contributed by atoms with E-state index in [1.807, 2.05) is 38.1 Å². The number of urea groups is 1. The van der Waals surface area contributed by atoms with Crippen molar-refractivity contribution in [2.45, 2.75) is 66.0 Å². The smallest absolute Gasteiger partial charge is 0.332 e. The van der Waals surface area contributed by atoms with E-state index in [1.54, 1.807) is 6.92 Å². The molecule has 1 aromatic carbocycles. The van der Waals surface area contributed by atoms with E-state index in [9.17, 15) is 14.4 Å². The lowest BCUT2D eigenvalue weighted by molar-refractivity contribution is -0.132. The molecule has 148 valence electrons. The number of benzene rings is 1. The summed E-state index contributed by atoms with van der Waals surface area (Å²) in [6.45, 7) is 9.71. The zero-order valence-corrected chi connectivity index (χ0v) is 17.0. The fourth-order valence-corrected chi connectivity index (χ4v) is 3.28. The number of anilines is 1. The van der Waals surface area contributed by atoms with Crippen LogP contribution in [0.1, 0.15) is 52.5 Å². The van der Waals surface area contributed by atoms with Crippen molar-refractivity contribution in [3.8, 4) is 0 Å². The maximum Gasteiger partial charge on any atom is 0.332 e. The number of hydrogen-bond acceptors (Lipinski definition) is 3. The number of rotatable bonds is 8. The summed E-state index contributed by atoms with van der Waals surface area (Å²) in [6, 6.07) is 6.39. The van der Waals surface area contributed by atoms with Gasteiger partial charge in [-0.15, -0.1) is 0 Å². The highest BCUT2D eigenvalue weighted by Crippen LogP contribution is 2.25. The second-order valence-corrected chi connectivity index (χ2v) is 7.88. The molecule has 1 aliphatic rings. The van der Waals surface area contributed by atoms with Crippen LogP contribution in [0.3, 0.4) is 0 Å². The SMILES string of the molecule is Cc1ccc(N2C(=O)N(CC(=O)N[C@@H](C)CCCC(C)C)C(=O)[C@@H]2C)cc1. The number of nitrogens with zero attached hydrogens (tertiary/aromatic N) is 2. The summed E-state index contributed by atoms with van der Waals surface area (Å²) in [4.78, 5) is 40.1. The van der Waals surface area contributed by atoms with Crippen molar-refractivity contribution in [1.29, 1.82) is 0 Å². The highest BCUT2D eigenvalue weighted by molar-refractivity contribution is 6.15. The molecule has 0 saturated carbocycles. The zero-order chi connectivity index (χ0) is 20.1. The van der Waals surface area contributed by atoms with Crippen LogP contribution in [0.4, 0.5) is 10.5 Å². The van der Waals surface area contributed by atoms with E-state index in [1.165, 1.54) is 4.90 Å². The molecule has 27 heavy (non-hydrogen) atoms. The topological polar surface area (TPSA) is 69.7 Å². The molecule has 0 unspecified atom stereocenters. The van der Waals surface area contributed by atoms with Crippen LogP contribution in [-0.2, 0) is 9.59 Å². The molecule has 0 aromatic heterocycles. The van der Waals surface area contributed by atoms with E-state index in [2.05, 4.69) is 19.2 Å². The Morgan fingerprint density at radius 1 is 1.11 bits per heavy atom. The first kappa shape index (κ1) is 20.9. The standard InChI is InChI=1S/C21H31N3O3/c1-14(2)7-6-8-16(4)22-19(25)13-23-20(26)17(5)24(21(23)27)18-11-9-15(3)10-12-18/h9-12,14,16-17H,6-8,13H2,1-5H3,(H,22,25)/t16-,17-/m0/s1. The van der Waals surface area contributed by atoms with Crippen LogP contribution in [0.25, 0.3) is 0 Å². The third-order valence-electron chi connectivity index (χ3n) is 4.89. The Hall–Kier alpha value is -2.37. The van der Waals surface area contributed by atoms with Crippen LogP contribution in [0.2, 0.25) is 0 Å². The molecular weight excluding hydrogens is 342 g/mol. The van der Waals surface area contributed by atoms with Crippen LogP contribution in [0.5, 0.6) is 0 Å². The third-order valence-corrected chi connectivity index (χ3v) is 4.89. The summed E-state index contributed by atoms with van der Waals surface area (Å²) >= 11 is 0. The van der Waals surface area contributed by atoms with Gasteiger partial charge in [-0.2, -0.15) is 0 Å². The summed E-state index contributed by atoms with van der Waals surface area (Å²) in [5, 5.41) is 2.89. The molecule has 2 rings (SSSR count). The second-order valence-electron chi connectivity index (χ2n) is 7.88. The molecule has 1 saturated heterocycles. The first-order valence-electron chi connectivity index (χ1n) is 9.71. The summed E-state index contributed by atoms with van der Waals surface area (Å²) < 4.78 is 0. The van der Waals surface area contributed by atoms with E-state index in [-0.39, 0.29) is 24.4 Å². The quantitative estimate of drug-likeness (QED) is 0.709. The van der Waals surface area contributed by atoms with Crippen molar-refractivity contribution in [2.24, 2.45) is 5.92 Å². The average Bonchev–Trinajstić information content (AvgIpc) is 2.79. The van der Waals surface area contributed by atoms with Gasteiger partial charge in [0.05, 0.1) is 0 Å². The zero-order valence-electron chi connectivity index (χ0n) is 17.0. The highest BCUT2D eigenvalue weighted by Gasteiger charge is 2.44. The largest absolute Gasteiger partial charge is 0.352 e. The lowest BCUT2D eigenvalue weighted by Gasteiger charge is -2.20. The first-order chi connectivity index (χ1) is 12.7. The number of nitrogens with one attached hydrogen (secondary N) is 1. The molecule has 4 amide bonds. The molecule has 1 fully saturated rings. The molecule has 6 nitrogen and oxygen atoms in total. The fraction of sp³-hybridized carbons (Fsp3) is 0.571. The molecular formula is C21H31N3O3. The lowest BCUT2D eigenvalue weighted by Crippen LogP contribution is -2.44. The minimum absolute atomic E-state index is 0.0229. The molecule has 1 N–H and O–H groups in total. The van der Waals surface area contributed by atoms with E-state index in [4.69, 9.17) is 0 Å². The maximum absolute atomic E-state index is 12.7. The summed E-state index contributed by atoms with van der Waals surface area (Å²) in [5.74, 6) is -0.00289. The van der Waals surface area contributed by atoms with Crippen molar-refractivity contribution >= 4 is 23.5 Å². The number of imide groups is 1. The van der Waals surface area contributed by atoms with Crippen LogP contribution in [0.15, 0.2) is 24.3 Å². The Bertz CT molecular complexity index is 684. The number of amides is 4. The minimum Gasteiger partial charge on any atom is -0.352 e. The molecule has 1 aromatic rings. The van der Waals surface area contributed by atoms with E-state index < -0.39 is 12.1 Å². The Labute approximate surface area is 161 Å². The van der Waals surface area contributed by atoms with Gasteiger partial charge >= 0.3 is 6.03 Å². The van der Waals surface area contributed by atoms with Gasteiger partial charge in [0.25, 0.3) is 5.91 Å². The molecule has 2 atom stereocenters. The van der Waals surface area contributed by atoms with Gasteiger partial charge in [-0.3, -0.25) is 19.4 Å². The third kappa shape index (κ3) is 5.31. The molecule has 0 aliphatic carbocycles. The molecule has 0 spiro atoms. The number of aryl methyl sites for hydroxylation is 1. The fourth-order valence-electron chi connectivity index (χ4n) is 3.28. The maximum atomic E-state index is 12.7. The number of carbonyl (C=O) groups excluding carboxylic acids is 3. The van der Waals surface area contributed by atoms with Crippen molar-refractivity contribution < 1.29 is 14.4 Å². The first-order valence-corrected chi connectivity index (χ1v) is 9.71. The number of hydrogen-bond donors (Lipinski definition) is 1. The van der Waals surface area contributed by atoms with Gasteiger partial charge < -0.3 is 5.32 Å². The summed E-state index contributed by atoms with van der Waals surface area (Å²) in [6.07, 6.45) is 3.04. The highest BCUT2D eigenvalue weighted by atomic mass is 16.2.